The summed E-state index contributed by atoms with van der Waals surface area (Å²) in [6, 6.07) is 9.47. The Morgan fingerprint density at radius 3 is 2.47 bits per heavy atom. The Bertz CT molecular complexity index is 1100. The lowest BCUT2D eigenvalue weighted by Crippen LogP contribution is -2.61. The van der Waals surface area contributed by atoms with Crippen molar-refractivity contribution in [3.63, 3.8) is 0 Å². The van der Waals surface area contributed by atoms with Crippen LogP contribution in [0.1, 0.15) is 46.1 Å². The SMILES string of the molecule is CC1=C[C@@H]2C(O)(CC(CO)=CC3C4C(C)(C)[C@]4(OC(=O)Cc4ccccc4)C[C@@H](C)[C@@]32O)C1=O. The van der Waals surface area contributed by atoms with E-state index >= 15 is 0 Å². The Balaban J connectivity index is 1.54. The number of aliphatic hydroxyl groups excluding tert-OH is 1. The number of ether oxygens (including phenoxy) is 1. The molecule has 4 aliphatic rings. The molecule has 3 unspecified atom stereocenters. The predicted molar refractivity (Wildman–Crippen MR) is 125 cm³/mol. The molecular weight excluding hydrogens is 432 g/mol. The number of Topliss-reactive ketones (excluding diaryl/α,β-unsaturated/α-hetero) is 1. The molecule has 3 N–H and O–H groups in total. The van der Waals surface area contributed by atoms with Gasteiger partial charge in [-0.05, 0) is 36.0 Å². The van der Waals surface area contributed by atoms with Gasteiger partial charge in [0.05, 0.1) is 18.6 Å². The number of benzene rings is 1. The van der Waals surface area contributed by atoms with Gasteiger partial charge in [-0.2, -0.15) is 0 Å². The first-order valence-electron chi connectivity index (χ1n) is 12.2. The first kappa shape index (κ1) is 23.5. The lowest BCUT2D eigenvalue weighted by molar-refractivity contribution is -0.186. The summed E-state index contributed by atoms with van der Waals surface area (Å²) in [6.07, 6.45) is 4.16. The highest BCUT2D eigenvalue weighted by molar-refractivity contribution is 6.04. The van der Waals surface area contributed by atoms with E-state index in [1.54, 1.807) is 13.0 Å². The maximum Gasteiger partial charge on any atom is 0.310 e. The van der Waals surface area contributed by atoms with Crippen LogP contribution in [0.3, 0.4) is 0 Å². The van der Waals surface area contributed by atoms with Gasteiger partial charge in [-0.25, -0.2) is 0 Å². The Kier molecular flexibility index (Phi) is 5.08. The van der Waals surface area contributed by atoms with E-state index in [4.69, 9.17) is 4.74 Å². The number of ketones is 1. The minimum atomic E-state index is -1.78. The number of aliphatic hydroxyl groups is 3. The van der Waals surface area contributed by atoms with Crippen LogP contribution < -0.4 is 0 Å². The van der Waals surface area contributed by atoms with E-state index in [1.165, 1.54) is 0 Å². The van der Waals surface area contributed by atoms with Crippen molar-refractivity contribution >= 4 is 11.8 Å². The third-order valence-electron chi connectivity index (χ3n) is 9.36. The van der Waals surface area contributed by atoms with Gasteiger partial charge >= 0.3 is 5.97 Å². The summed E-state index contributed by atoms with van der Waals surface area (Å²) in [5, 5.41) is 33.9. The largest absolute Gasteiger partial charge is 0.458 e. The van der Waals surface area contributed by atoms with Gasteiger partial charge in [0.25, 0.3) is 0 Å². The smallest absolute Gasteiger partial charge is 0.310 e. The number of rotatable bonds is 4. The van der Waals surface area contributed by atoms with Crippen LogP contribution in [0.4, 0.5) is 0 Å². The monoisotopic (exact) mass is 466 g/mol. The fourth-order valence-electron chi connectivity index (χ4n) is 7.60. The molecule has 1 aromatic rings. The van der Waals surface area contributed by atoms with Crippen molar-refractivity contribution in [2.75, 3.05) is 6.61 Å². The molecule has 1 aromatic carbocycles. The topological polar surface area (TPSA) is 104 Å². The maximum absolute atomic E-state index is 13.0. The van der Waals surface area contributed by atoms with E-state index < -0.39 is 34.1 Å². The average molecular weight is 467 g/mol. The zero-order chi connectivity index (χ0) is 24.7. The van der Waals surface area contributed by atoms with Gasteiger partial charge < -0.3 is 20.1 Å². The third-order valence-corrected chi connectivity index (χ3v) is 9.36. The van der Waals surface area contributed by atoms with Gasteiger partial charge in [0, 0.05) is 29.6 Å². The highest BCUT2D eigenvalue weighted by Crippen LogP contribution is 2.76. The van der Waals surface area contributed by atoms with Gasteiger partial charge in [0.1, 0.15) is 11.2 Å². The quantitative estimate of drug-likeness (QED) is 0.466. The van der Waals surface area contributed by atoms with Crippen molar-refractivity contribution < 1.29 is 29.6 Å². The standard InChI is InChI=1S/C28H34O6/c1-16-10-21-26(32,24(16)31)14-19(15-29)11-20-23-25(3,4)27(23,13-17(2)28(20,21)33)34-22(30)12-18-8-6-5-7-9-18/h5-11,17,20-21,23,29,32-33H,12-15H2,1-4H3/t17-,20?,21-,23?,26?,27+,28-/m1/s1. The summed E-state index contributed by atoms with van der Waals surface area (Å²) in [5.41, 5.74) is -2.50. The molecule has 0 amide bonds. The molecule has 2 fully saturated rings. The van der Waals surface area contributed by atoms with Crippen molar-refractivity contribution in [1.29, 1.82) is 0 Å². The van der Waals surface area contributed by atoms with E-state index in [2.05, 4.69) is 13.8 Å². The lowest BCUT2D eigenvalue weighted by Gasteiger charge is -2.50. The summed E-state index contributed by atoms with van der Waals surface area (Å²) in [5.74, 6) is -2.52. The fraction of sp³-hybridized carbons (Fsp3) is 0.571. The number of hydrogen-bond acceptors (Lipinski definition) is 6. The first-order valence-corrected chi connectivity index (χ1v) is 12.2. The Morgan fingerprint density at radius 1 is 1.15 bits per heavy atom. The minimum Gasteiger partial charge on any atom is -0.458 e. The van der Waals surface area contributed by atoms with Crippen molar-refractivity contribution in [1.82, 2.24) is 0 Å². The molecule has 4 aliphatic carbocycles. The van der Waals surface area contributed by atoms with E-state index in [0.717, 1.165) is 5.56 Å². The van der Waals surface area contributed by atoms with E-state index in [0.29, 0.717) is 17.6 Å². The van der Waals surface area contributed by atoms with E-state index in [9.17, 15) is 24.9 Å². The molecule has 2 saturated carbocycles. The van der Waals surface area contributed by atoms with Crippen LogP contribution in [-0.2, 0) is 20.7 Å². The second-order valence-electron chi connectivity index (χ2n) is 11.5. The summed E-state index contributed by atoms with van der Waals surface area (Å²) >= 11 is 0. The summed E-state index contributed by atoms with van der Waals surface area (Å²) in [7, 11) is 0. The highest BCUT2D eigenvalue weighted by atomic mass is 16.6. The van der Waals surface area contributed by atoms with Crippen molar-refractivity contribution in [2.24, 2.45) is 29.1 Å². The molecule has 0 aromatic heterocycles. The van der Waals surface area contributed by atoms with Crippen molar-refractivity contribution in [3.8, 4) is 0 Å². The van der Waals surface area contributed by atoms with Gasteiger partial charge in [0.15, 0.2) is 5.78 Å². The number of fused-ring (bicyclic) bond motifs is 5. The maximum atomic E-state index is 13.0. The predicted octanol–water partition coefficient (Wildman–Crippen LogP) is 2.75. The number of hydrogen-bond donors (Lipinski definition) is 3. The van der Waals surface area contributed by atoms with Crippen LogP contribution in [-0.4, -0.2) is 50.5 Å². The van der Waals surface area contributed by atoms with E-state index in [-0.39, 0.29) is 43.0 Å². The molecule has 6 nitrogen and oxygen atoms in total. The van der Waals surface area contributed by atoms with Crippen LogP contribution >= 0.6 is 0 Å². The summed E-state index contributed by atoms with van der Waals surface area (Å²) in [4.78, 5) is 26.0. The van der Waals surface area contributed by atoms with Crippen LogP contribution in [0.15, 0.2) is 53.6 Å². The van der Waals surface area contributed by atoms with E-state index in [1.807, 2.05) is 43.3 Å². The molecular formula is C28H34O6. The van der Waals surface area contributed by atoms with Crippen molar-refractivity contribution in [2.45, 2.75) is 63.8 Å². The Hall–Kier alpha value is -2.28. The van der Waals surface area contributed by atoms with Crippen LogP contribution in [0.2, 0.25) is 0 Å². The van der Waals surface area contributed by atoms with Crippen molar-refractivity contribution in [3.05, 3.63) is 59.2 Å². The third kappa shape index (κ3) is 2.91. The Labute approximate surface area is 200 Å². The fourth-order valence-corrected chi connectivity index (χ4v) is 7.60. The molecule has 0 saturated heterocycles. The molecule has 34 heavy (non-hydrogen) atoms. The molecule has 5 rings (SSSR count). The molecule has 7 atom stereocenters. The molecule has 0 heterocycles. The normalized spacial score (nSPS) is 41.9. The van der Waals surface area contributed by atoms with Gasteiger partial charge in [0.2, 0.25) is 0 Å². The average Bonchev–Trinajstić information content (AvgIpc) is 3.18. The van der Waals surface area contributed by atoms with Gasteiger partial charge in [-0.3, -0.25) is 9.59 Å². The highest BCUT2D eigenvalue weighted by Gasteiger charge is 2.83. The molecule has 0 bridgehead atoms. The lowest BCUT2D eigenvalue weighted by atomic mass is 9.60. The zero-order valence-corrected chi connectivity index (χ0v) is 20.2. The summed E-state index contributed by atoms with van der Waals surface area (Å²) in [6.45, 7) is 7.37. The number of esters is 1. The molecule has 182 valence electrons. The van der Waals surface area contributed by atoms with Crippen LogP contribution in [0, 0.1) is 29.1 Å². The van der Waals surface area contributed by atoms with Crippen LogP contribution in [0.5, 0.6) is 0 Å². The molecule has 0 spiro atoms. The minimum absolute atomic E-state index is 0.0136. The second-order valence-corrected chi connectivity index (χ2v) is 11.5. The summed E-state index contributed by atoms with van der Waals surface area (Å²) < 4.78 is 6.24. The Morgan fingerprint density at radius 2 is 1.82 bits per heavy atom. The molecule has 0 radical (unpaired) electrons. The number of carbonyl (C=O) groups is 2. The van der Waals surface area contributed by atoms with Crippen LogP contribution in [0.25, 0.3) is 0 Å². The zero-order valence-electron chi connectivity index (χ0n) is 20.2. The van der Waals surface area contributed by atoms with Gasteiger partial charge in [-0.1, -0.05) is 63.3 Å². The number of carbonyl (C=O) groups excluding carboxylic acids is 2. The molecule has 0 aliphatic heterocycles. The van der Waals surface area contributed by atoms with Gasteiger partial charge in [-0.15, -0.1) is 0 Å². The first-order chi connectivity index (χ1) is 15.9. The second kappa shape index (κ2) is 7.36. The molecule has 6 heteroatoms.